The molecular formula is C25H34N6O3. The molecule has 0 radical (unpaired) electrons. The van der Waals surface area contributed by atoms with Crippen LogP contribution in [0, 0.1) is 0 Å². The van der Waals surface area contributed by atoms with E-state index in [-0.39, 0.29) is 11.8 Å². The number of hydrazine groups is 1. The molecule has 3 heterocycles. The average molecular weight is 467 g/mol. The zero-order valence-electron chi connectivity index (χ0n) is 20.3. The second-order valence-electron chi connectivity index (χ2n) is 8.81. The van der Waals surface area contributed by atoms with Gasteiger partial charge in [-0.2, -0.15) is 0 Å². The van der Waals surface area contributed by atoms with Crippen LogP contribution >= 0.6 is 0 Å². The molecule has 4 rings (SSSR count). The van der Waals surface area contributed by atoms with Gasteiger partial charge in [0.2, 0.25) is 11.8 Å². The van der Waals surface area contributed by atoms with Crippen molar-refractivity contribution in [1.82, 2.24) is 19.9 Å². The van der Waals surface area contributed by atoms with Crippen molar-refractivity contribution in [3.8, 4) is 16.9 Å². The first kappa shape index (κ1) is 24.1. The van der Waals surface area contributed by atoms with E-state index in [0.29, 0.717) is 36.8 Å². The maximum Gasteiger partial charge on any atom is 0.243 e. The number of carbonyl (C=O) groups is 2. The van der Waals surface area contributed by atoms with Crippen molar-refractivity contribution < 1.29 is 14.3 Å². The van der Waals surface area contributed by atoms with Gasteiger partial charge in [0.25, 0.3) is 0 Å². The number of ether oxygens (including phenoxy) is 1. The monoisotopic (exact) mass is 466 g/mol. The smallest absolute Gasteiger partial charge is 0.243 e. The van der Waals surface area contributed by atoms with E-state index in [1.165, 1.54) is 0 Å². The Kier molecular flexibility index (Phi) is 7.77. The van der Waals surface area contributed by atoms with E-state index in [1.54, 1.807) is 18.2 Å². The quantitative estimate of drug-likeness (QED) is 0.671. The fraction of sp³-hybridized carbons (Fsp3) is 0.480. The van der Waals surface area contributed by atoms with Gasteiger partial charge in [0.1, 0.15) is 11.6 Å². The van der Waals surface area contributed by atoms with Crippen molar-refractivity contribution >= 4 is 23.3 Å². The number of methoxy groups -OCH3 is 1. The van der Waals surface area contributed by atoms with Crippen LogP contribution in [0.15, 0.2) is 36.5 Å². The normalized spacial score (nSPS) is 18.2. The lowest BCUT2D eigenvalue weighted by Gasteiger charge is -2.43. The molecule has 2 aromatic rings. The number of pyridine rings is 1. The molecular weight excluding hydrogens is 432 g/mol. The van der Waals surface area contributed by atoms with Crippen LogP contribution in [0.25, 0.3) is 11.1 Å². The van der Waals surface area contributed by atoms with Crippen molar-refractivity contribution in [1.29, 1.82) is 0 Å². The molecule has 0 unspecified atom stereocenters. The van der Waals surface area contributed by atoms with Gasteiger partial charge in [0.05, 0.1) is 13.7 Å². The number of rotatable bonds is 7. The standard InChI is InChI=1S/C25H34N6O3/c1-4-5-24(32)27-20-7-8-22(34-3)21(16-20)19-6-9-23(26-17-19)31-15-14-30(18-25(31)33)29-12-10-28(2)11-13-29/h6-9,16-17H,4-5,10-15,18H2,1-3H3,(H,27,32). The number of nitrogens with zero attached hydrogens (tertiary/aromatic N) is 5. The molecule has 2 aliphatic rings. The number of carbonyl (C=O) groups excluding carboxylic acids is 2. The number of anilines is 2. The van der Waals surface area contributed by atoms with Crippen LogP contribution in [-0.2, 0) is 9.59 Å². The number of aromatic nitrogens is 1. The average Bonchev–Trinajstić information content (AvgIpc) is 2.85. The fourth-order valence-electron chi connectivity index (χ4n) is 4.39. The highest BCUT2D eigenvalue weighted by Gasteiger charge is 2.30. The van der Waals surface area contributed by atoms with Crippen molar-refractivity contribution in [3.05, 3.63) is 36.5 Å². The Bertz CT molecular complexity index is 1000. The summed E-state index contributed by atoms with van der Waals surface area (Å²) in [6.45, 7) is 7.71. The summed E-state index contributed by atoms with van der Waals surface area (Å²) in [4.78, 5) is 33.6. The minimum atomic E-state index is -0.0127. The number of hydrogen-bond acceptors (Lipinski definition) is 7. The van der Waals surface area contributed by atoms with E-state index in [2.05, 4.69) is 32.3 Å². The van der Waals surface area contributed by atoms with Crippen molar-refractivity contribution in [3.63, 3.8) is 0 Å². The number of benzene rings is 1. The largest absolute Gasteiger partial charge is 0.496 e. The first-order valence-corrected chi connectivity index (χ1v) is 11.9. The number of hydrogen-bond donors (Lipinski definition) is 1. The third-order valence-electron chi connectivity index (χ3n) is 6.38. The molecule has 9 nitrogen and oxygen atoms in total. The molecule has 0 spiro atoms. The molecule has 182 valence electrons. The summed E-state index contributed by atoms with van der Waals surface area (Å²) in [5, 5.41) is 7.39. The van der Waals surface area contributed by atoms with Gasteiger partial charge in [0, 0.05) is 68.7 Å². The van der Waals surface area contributed by atoms with Crippen molar-refractivity contribution in [2.24, 2.45) is 0 Å². The lowest BCUT2D eigenvalue weighted by atomic mass is 10.1. The predicted molar refractivity (Wildman–Crippen MR) is 133 cm³/mol. The van der Waals surface area contributed by atoms with Crippen LogP contribution in [0.2, 0.25) is 0 Å². The minimum Gasteiger partial charge on any atom is -0.496 e. The molecule has 34 heavy (non-hydrogen) atoms. The molecule has 0 aliphatic carbocycles. The van der Waals surface area contributed by atoms with Crippen LogP contribution in [-0.4, -0.2) is 91.7 Å². The van der Waals surface area contributed by atoms with E-state index >= 15 is 0 Å². The van der Waals surface area contributed by atoms with Gasteiger partial charge < -0.3 is 15.0 Å². The van der Waals surface area contributed by atoms with Crippen LogP contribution in [0.4, 0.5) is 11.5 Å². The maximum absolute atomic E-state index is 12.9. The van der Waals surface area contributed by atoms with Gasteiger partial charge in [-0.3, -0.25) is 14.5 Å². The fourth-order valence-corrected chi connectivity index (χ4v) is 4.39. The van der Waals surface area contributed by atoms with E-state index in [1.807, 2.05) is 37.3 Å². The topological polar surface area (TPSA) is 81.3 Å². The summed E-state index contributed by atoms with van der Waals surface area (Å²) in [7, 11) is 3.75. The first-order valence-electron chi connectivity index (χ1n) is 11.9. The molecule has 2 fully saturated rings. The number of nitrogens with one attached hydrogen (secondary N) is 1. The van der Waals surface area contributed by atoms with E-state index in [4.69, 9.17) is 4.74 Å². The maximum atomic E-state index is 12.9. The molecule has 1 aromatic heterocycles. The van der Waals surface area contributed by atoms with Crippen molar-refractivity contribution in [2.75, 3.05) is 70.2 Å². The van der Waals surface area contributed by atoms with Gasteiger partial charge >= 0.3 is 0 Å². The molecule has 2 amide bonds. The Hall–Kier alpha value is -3.01. The molecule has 1 N–H and O–H groups in total. The third-order valence-corrected chi connectivity index (χ3v) is 6.38. The third kappa shape index (κ3) is 5.55. The van der Waals surface area contributed by atoms with Crippen LogP contribution in [0.3, 0.4) is 0 Å². The molecule has 2 saturated heterocycles. The summed E-state index contributed by atoms with van der Waals surface area (Å²) >= 11 is 0. The Balaban J connectivity index is 1.45. The minimum absolute atomic E-state index is 0.0127. The molecule has 2 aliphatic heterocycles. The molecule has 0 bridgehead atoms. The molecule has 1 aromatic carbocycles. The second kappa shape index (κ2) is 10.9. The van der Waals surface area contributed by atoms with Crippen LogP contribution in [0.1, 0.15) is 19.8 Å². The highest BCUT2D eigenvalue weighted by Crippen LogP contribution is 2.33. The number of likely N-dealkylation sites (N-methyl/N-ethyl adjacent to an activating group) is 1. The zero-order valence-corrected chi connectivity index (χ0v) is 20.3. The van der Waals surface area contributed by atoms with Crippen molar-refractivity contribution in [2.45, 2.75) is 19.8 Å². The van der Waals surface area contributed by atoms with Gasteiger partial charge in [-0.05, 0) is 43.8 Å². The van der Waals surface area contributed by atoms with Gasteiger partial charge in [-0.1, -0.05) is 6.92 Å². The van der Waals surface area contributed by atoms with E-state index < -0.39 is 0 Å². The number of piperazine rings is 2. The Morgan fingerprint density at radius 1 is 1.06 bits per heavy atom. The summed E-state index contributed by atoms with van der Waals surface area (Å²) in [6, 6.07) is 9.38. The number of amides is 2. The predicted octanol–water partition coefficient (Wildman–Crippen LogP) is 2.31. The lowest BCUT2D eigenvalue weighted by molar-refractivity contribution is -0.131. The highest BCUT2D eigenvalue weighted by molar-refractivity contribution is 5.95. The molecule has 0 saturated carbocycles. The van der Waals surface area contributed by atoms with Gasteiger partial charge in [0.15, 0.2) is 0 Å². The second-order valence-corrected chi connectivity index (χ2v) is 8.81. The van der Waals surface area contributed by atoms with E-state index in [0.717, 1.165) is 50.3 Å². The van der Waals surface area contributed by atoms with Crippen LogP contribution in [0.5, 0.6) is 5.75 Å². The lowest BCUT2D eigenvalue weighted by Crippen LogP contribution is -2.60. The zero-order chi connectivity index (χ0) is 24.1. The first-order chi connectivity index (χ1) is 16.5. The summed E-state index contributed by atoms with van der Waals surface area (Å²) < 4.78 is 5.53. The van der Waals surface area contributed by atoms with Gasteiger partial charge in [-0.15, -0.1) is 0 Å². The highest BCUT2D eigenvalue weighted by atomic mass is 16.5. The Labute approximate surface area is 201 Å². The molecule has 0 atom stereocenters. The molecule has 9 heteroatoms. The van der Waals surface area contributed by atoms with E-state index in [9.17, 15) is 9.59 Å². The summed E-state index contributed by atoms with van der Waals surface area (Å²) in [6.07, 6.45) is 3.03. The Morgan fingerprint density at radius 2 is 1.82 bits per heavy atom. The Morgan fingerprint density at radius 3 is 2.47 bits per heavy atom. The summed E-state index contributed by atoms with van der Waals surface area (Å²) in [5.74, 6) is 1.39. The van der Waals surface area contributed by atoms with Crippen LogP contribution < -0.4 is 15.0 Å². The SMILES string of the molecule is CCCC(=O)Nc1ccc(OC)c(-c2ccc(N3CCN(N4CCN(C)CC4)CC3=O)nc2)c1. The summed E-state index contributed by atoms with van der Waals surface area (Å²) in [5.41, 5.74) is 2.41. The van der Waals surface area contributed by atoms with Gasteiger partial charge in [-0.25, -0.2) is 15.0 Å².